The molecule has 0 aromatic heterocycles. The van der Waals surface area contributed by atoms with E-state index in [2.05, 4.69) is 11.1 Å². The van der Waals surface area contributed by atoms with E-state index in [1.54, 1.807) is 0 Å². The molecule has 1 heterocycles. The van der Waals surface area contributed by atoms with Crippen molar-refractivity contribution in [3.05, 3.63) is 54.1 Å². The number of nitrogens with zero attached hydrogens (tertiary/aromatic N) is 1. The van der Waals surface area contributed by atoms with Crippen LogP contribution in [0.25, 0.3) is 5.70 Å². The summed E-state index contributed by atoms with van der Waals surface area (Å²) >= 11 is 5.96. The monoisotopic (exact) mass is 217 g/mol. The molecule has 0 amide bonds. The van der Waals surface area contributed by atoms with E-state index >= 15 is 0 Å². The van der Waals surface area contributed by atoms with E-state index in [1.807, 2.05) is 42.5 Å². The fourth-order valence-corrected chi connectivity index (χ4v) is 1.67. The lowest BCUT2D eigenvalue weighted by atomic mass is 10.1. The SMILES string of the molecule is ClC1=N/C(c2ccccc2)=C\CCC=C1. The Morgan fingerprint density at radius 1 is 1.07 bits per heavy atom. The number of aliphatic imine (C=N–C) groups is 1. The molecular weight excluding hydrogens is 206 g/mol. The van der Waals surface area contributed by atoms with Crippen LogP contribution in [0, 0.1) is 0 Å². The molecule has 0 radical (unpaired) electrons. The summed E-state index contributed by atoms with van der Waals surface area (Å²) in [5.41, 5.74) is 2.08. The van der Waals surface area contributed by atoms with E-state index in [9.17, 15) is 0 Å². The molecule has 0 fully saturated rings. The summed E-state index contributed by atoms with van der Waals surface area (Å²) in [5.74, 6) is 0. The van der Waals surface area contributed by atoms with Gasteiger partial charge in [0.05, 0.1) is 5.70 Å². The largest absolute Gasteiger partial charge is 0.236 e. The van der Waals surface area contributed by atoms with Crippen molar-refractivity contribution in [1.82, 2.24) is 0 Å². The van der Waals surface area contributed by atoms with Crippen molar-refractivity contribution in [2.24, 2.45) is 4.99 Å². The molecule has 1 nitrogen and oxygen atoms in total. The Balaban J connectivity index is 2.36. The summed E-state index contributed by atoms with van der Waals surface area (Å²) in [6, 6.07) is 10.1. The quantitative estimate of drug-likeness (QED) is 0.674. The molecule has 0 saturated carbocycles. The van der Waals surface area contributed by atoms with Gasteiger partial charge in [-0.3, -0.25) is 0 Å². The van der Waals surface area contributed by atoms with Gasteiger partial charge in [-0.15, -0.1) is 0 Å². The van der Waals surface area contributed by atoms with Gasteiger partial charge in [-0.2, -0.15) is 0 Å². The molecule has 2 rings (SSSR count). The van der Waals surface area contributed by atoms with Crippen molar-refractivity contribution < 1.29 is 0 Å². The predicted octanol–water partition coefficient (Wildman–Crippen LogP) is 4.01. The Labute approximate surface area is 94.8 Å². The van der Waals surface area contributed by atoms with E-state index in [1.165, 1.54) is 0 Å². The summed E-state index contributed by atoms with van der Waals surface area (Å²) in [6.45, 7) is 0. The highest BCUT2D eigenvalue weighted by atomic mass is 35.5. The van der Waals surface area contributed by atoms with Gasteiger partial charge in [0.25, 0.3) is 0 Å². The second-order valence-corrected chi connectivity index (χ2v) is 3.76. The molecule has 1 aromatic carbocycles. The van der Waals surface area contributed by atoms with E-state index in [-0.39, 0.29) is 0 Å². The number of benzene rings is 1. The smallest absolute Gasteiger partial charge is 0.129 e. The summed E-state index contributed by atoms with van der Waals surface area (Å²) in [4.78, 5) is 4.36. The van der Waals surface area contributed by atoms with Gasteiger partial charge in [-0.1, -0.05) is 54.1 Å². The first-order chi connectivity index (χ1) is 7.36. The Bertz CT molecular complexity index is 415. The third-order valence-corrected chi connectivity index (χ3v) is 2.43. The van der Waals surface area contributed by atoms with Crippen molar-refractivity contribution in [2.45, 2.75) is 12.8 Å². The highest BCUT2D eigenvalue weighted by Crippen LogP contribution is 2.19. The Kier molecular flexibility index (Phi) is 3.36. The van der Waals surface area contributed by atoms with E-state index in [0.29, 0.717) is 5.17 Å². The minimum Gasteiger partial charge on any atom is -0.236 e. The molecule has 0 unspecified atom stereocenters. The van der Waals surface area contributed by atoms with Gasteiger partial charge < -0.3 is 0 Å². The van der Waals surface area contributed by atoms with Crippen molar-refractivity contribution in [3.8, 4) is 0 Å². The molecule has 0 aliphatic carbocycles. The molecule has 2 heteroatoms. The van der Waals surface area contributed by atoms with Gasteiger partial charge in [0.1, 0.15) is 5.17 Å². The normalized spacial score (nSPS) is 19.8. The highest BCUT2D eigenvalue weighted by molar-refractivity contribution is 6.68. The van der Waals surface area contributed by atoms with E-state index in [4.69, 9.17) is 11.6 Å². The number of rotatable bonds is 1. The van der Waals surface area contributed by atoms with Crippen LogP contribution in [0.3, 0.4) is 0 Å². The third-order valence-electron chi connectivity index (χ3n) is 2.22. The van der Waals surface area contributed by atoms with Gasteiger partial charge in [0, 0.05) is 0 Å². The van der Waals surface area contributed by atoms with Crippen LogP contribution in [-0.4, -0.2) is 5.17 Å². The van der Waals surface area contributed by atoms with Gasteiger partial charge in [0.15, 0.2) is 0 Å². The Morgan fingerprint density at radius 2 is 1.87 bits per heavy atom. The first kappa shape index (κ1) is 10.2. The molecule has 1 aliphatic heterocycles. The molecule has 0 saturated heterocycles. The second-order valence-electron chi connectivity index (χ2n) is 3.37. The average molecular weight is 218 g/mol. The number of allylic oxidation sites excluding steroid dienone is 3. The zero-order chi connectivity index (χ0) is 10.5. The van der Waals surface area contributed by atoms with Crippen LogP contribution < -0.4 is 0 Å². The minimum absolute atomic E-state index is 0.546. The molecule has 15 heavy (non-hydrogen) atoms. The van der Waals surface area contributed by atoms with E-state index < -0.39 is 0 Å². The number of hydrogen-bond acceptors (Lipinski definition) is 1. The van der Waals surface area contributed by atoms with Crippen LogP contribution in [0.15, 0.2) is 53.6 Å². The zero-order valence-corrected chi connectivity index (χ0v) is 9.11. The van der Waals surface area contributed by atoms with Gasteiger partial charge in [-0.05, 0) is 24.5 Å². The van der Waals surface area contributed by atoms with Crippen LogP contribution in [0.4, 0.5) is 0 Å². The molecule has 1 aromatic rings. The summed E-state index contributed by atoms with van der Waals surface area (Å²) in [7, 11) is 0. The van der Waals surface area contributed by atoms with Crippen LogP contribution in [0.2, 0.25) is 0 Å². The highest BCUT2D eigenvalue weighted by Gasteiger charge is 2.01. The molecule has 0 spiro atoms. The number of halogens is 1. The zero-order valence-electron chi connectivity index (χ0n) is 8.36. The molecular formula is C13H12ClN. The Morgan fingerprint density at radius 3 is 2.67 bits per heavy atom. The maximum atomic E-state index is 5.96. The lowest BCUT2D eigenvalue weighted by Crippen LogP contribution is -1.88. The van der Waals surface area contributed by atoms with Crippen LogP contribution >= 0.6 is 11.6 Å². The summed E-state index contributed by atoms with van der Waals surface area (Å²) in [6.07, 6.45) is 8.05. The molecule has 0 bridgehead atoms. The lowest BCUT2D eigenvalue weighted by Gasteiger charge is -2.04. The van der Waals surface area contributed by atoms with Crippen molar-refractivity contribution in [1.29, 1.82) is 0 Å². The second kappa shape index (κ2) is 4.94. The van der Waals surface area contributed by atoms with Gasteiger partial charge in [0.2, 0.25) is 0 Å². The minimum atomic E-state index is 0.546. The summed E-state index contributed by atoms with van der Waals surface area (Å²) < 4.78 is 0. The predicted molar refractivity (Wildman–Crippen MR) is 66.1 cm³/mol. The fourth-order valence-electron chi connectivity index (χ4n) is 1.49. The molecule has 1 aliphatic rings. The van der Waals surface area contributed by atoms with Crippen LogP contribution in [0.5, 0.6) is 0 Å². The fraction of sp³-hybridized carbons (Fsp3) is 0.154. The maximum absolute atomic E-state index is 5.96. The maximum Gasteiger partial charge on any atom is 0.129 e. The van der Waals surface area contributed by atoms with Crippen LogP contribution in [0.1, 0.15) is 18.4 Å². The molecule has 76 valence electrons. The topological polar surface area (TPSA) is 12.4 Å². The summed E-state index contributed by atoms with van der Waals surface area (Å²) in [5, 5.41) is 0.546. The Hall–Kier alpha value is -1.34. The first-order valence-electron chi connectivity index (χ1n) is 5.02. The van der Waals surface area contributed by atoms with E-state index in [0.717, 1.165) is 24.1 Å². The van der Waals surface area contributed by atoms with Gasteiger partial charge in [-0.25, -0.2) is 4.99 Å². The number of hydrogen-bond donors (Lipinski definition) is 0. The molecule has 0 atom stereocenters. The van der Waals surface area contributed by atoms with Gasteiger partial charge >= 0.3 is 0 Å². The lowest BCUT2D eigenvalue weighted by molar-refractivity contribution is 1.05. The standard InChI is InChI=1S/C13H12ClN/c14-13-10-6-2-5-9-12(15-13)11-7-3-1-4-8-11/h1,3-4,6-10H,2,5H2/b10-6?,12-9-,15-13?. The van der Waals surface area contributed by atoms with Crippen molar-refractivity contribution in [2.75, 3.05) is 0 Å². The van der Waals surface area contributed by atoms with Crippen molar-refractivity contribution >= 4 is 22.5 Å². The first-order valence-corrected chi connectivity index (χ1v) is 5.40. The van der Waals surface area contributed by atoms with Crippen molar-refractivity contribution in [3.63, 3.8) is 0 Å². The average Bonchev–Trinajstić information content (AvgIpc) is 2.24. The third kappa shape index (κ3) is 2.80. The molecule has 0 N–H and O–H groups in total. The van der Waals surface area contributed by atoms with Crippen LogP contribution in [-0.2, 0) is 0 Å².